The lowest BCUT2D eigenvalue weighted by molar-refractivity contribution is -0.385. The average molecular weight is 400 g/mol. The maximum Gasteiger partial charge on any atom is 0.287 e. The number of aliphatic hydroxyl groups is 1. The van der Waals surface area contributed by atoms with E-state index in [0.717, 1.165) is 30.6 Å². The second-order valence-electron chi connectivity index (χ2n) is 7.72. The van der Waals surface area contributed by atoms with Gasteiger partial charge < -0.3 is 14.9 Å². The van der Waals surface area contributed by atoms with E-state index < -0.39 is 4.92 Å². The third-order valence-corrected chi connectivity index (χ3v) is 5.63. The van der Waals surface area contributed by atoms with Crippen LogP contribution in [0.3, 0.4) is 0 Å². The molecule has 0 radical (unpaired) electrons. The van der Waals surface area contributed by atoms with Gasteiger partial charge in [-0.15, -0.1) is 0 Å². The van der Waals surface area contributed by atoms with E-state index in [0.29, 0.717) is 31.9 Å². The molecular weight excluding hydrogens is 376 g/mol. The highest BCUT2D eigenvalue weighted by Gasteiger charge is 2.26. The SMILES string of the molecule is Cc1cc([N+](=O)[O-])cnc1N1CCCC(n2ncc(N3CC[C@H](O)C3)cc2=O)C1. The minimum Gasteiger partial charge on any atom is -0.391 e. The van der Waals surface area contributed by atoms with Gasteiger partial charge in [-0.1, -0.05) is 0 Å². The summed E-state index contributed by atoms with van der Waals surface area (Å²) in [7, 11) is 0. The zero-order valence-corrected chi connectivity index (χ0v) is 16.3. The molecule has 0 aromatic carbocycles. The predicted octanol–water partition coefficient (Wildman–Crippen LogP) is 1.27. The van der Waals surface area contributed by atoms with E-state index in [4.69, 9.17) is 0 Å². The van der Waals surface area contributed by atoms with E-state index in [2.05, 4.69) is 15.0 Å². The second-order valence-corrected chi connectivity index (χ2v) is 7.72. The molecule has 154 valence electrons. The van der Waals surface area contributed by atoms with Crippen molar-refractivity contribution in [2.75, 3.05) is 36.0 Å². The molecule has 0 bridgehead atoms. The molecule has 4 heterocycles. The molecule has 1 N–H and O–H groups in total. The zero-order valence-electron chi connectivity index (χ0n) is 16.3. The standard InChI is InChI=1S/C19H24N6O4/c1-13-7-16(25(28)29)9-20-19(13)23-5-2-3-14(11-23)24-18(27)8-15(10-21-24)22-6-4-17(26)12-22/h7-10,14,17,26H,2-6,11-12H2,1H3/t14?,17-/m0/s1. The lowest BCUT2D eigenvalue weighted by atomic mass is 10.1. The Labute approximate surface area is 167 Å². The Morgan fingerprint density at radius 3 is 2.66 bits per heavy atom. The van der Waals surface area contributed by atoms with Gasteiger partial charge in [-0.3, -0.25) is 14.9 Å². The van der Waals surface area contributed by atoms with Gasteiger partial charge in [0, 0.05) is 38.3 Å². The van der Waals surface area contributed by atoms with Crippen molar-refractivity contribution in [3.8, 4) is 0 Å². The number of piperidine rings is 1. The molecule has 2 aromatic rings. The van der Waals surface area contributed by atoms with E-state index in [1.165, 1.54) is 16.9 Å². The van der Waals surface area contributed by atoms with Crippen molar-refractivity contribution in [2.45, 2.75) is 38.3 Å². The first-order valence-corrected chi connectivity index (χ1v) is 9.80. The van der Waals surface area contributed by atoms with Crippen LogP contribution in [-0.2, 0) is 0 Å². The number of anilines is 2. The summed E-state index contributed by atoms with van der Waals surface area (Å²) in [5.41, 5.74) is 1.29. The number of aromatic nitrogens is 3. The Hall–Kier alpha value is -3.01. The lowest BCUT2D eigenvalue weighted by Crippen LogP contribution is -2.41. The Morgan fingerprint density at radius 1 is 1.17 bits per heavy atom. The van der Waals surface area contributed by atoms with Gasteiger partial charge in [0.25, 0.3) is 11.2 Å². The average Bonchev–Trinajstić information content (AvgIpc) is 3.14. The van der Waals surface area contributed by atoms with Crippen LogP contribution in [-0.4, -0.2) is 57.1 Å². The van der Waals surface area contributed by atoms with Crippen molar-refractivity contribution < 1.29 is 10.0 Å². The number of hydrogen-bond donors (Lipinski definition) is 1. The molecule has 0 saturated carbocycles. The molecule has 2 aromatic heterocycles. The highest BCUT2D eigenvalue weighted by atomic mass is 16.6. The van der Waals surface area contributed by atoms with E-state index in [1.54, 1.807) is 12.3 Å². The smallest absolute Gasteiger partial charge is 0.287 e. The van der Waals surface area contributed by atoms with Gasteiger partial charge in [0.05, 0.1) is 29.0 Å². The van der Waals surface area contributed by atoms with Crippen molar-refractivity contribution in [3.05, 3.63) is 50.6 Å². The molecule has 4 rings (SSSR count). The van der Waals surface area contributed by atoms with Crippen molar-refractivity contribution in [1.82, 2.24) is 14.8 Å². The van der Waals surface area contributed by atoms with Crippen molar-refractivity contribution in [3.63, 3.8) is 0 Å². The molecule has 10 heteroatoms. The van der Waals surface area contributed by atoms with Gasteiger partial charge in [-0.2, -0.15) is 5.10 Å². The quantitative estimate of drug-likeness (QED) is 0.602. The predicted molar refractivity (Wildman–Crippen MR) is 107 cm³/mol. The van der Waals surface area contributed by atoms with Crippen LogP contribution in [0.25, 0.3) is 0 Å². The lowest BCUT2D eigenvalue weighted by Gasteiger charge is -2.34. The van der Waals surface area contributed by atoms with Crippen LogP contribution in [0.4, 0.5) is 17.2 Å². The maximum atomic E-state index is 12.7. The van der Waals surface area contributed by atoms with E-state index in [9.17, 15) is 20.0 Å². The molecule has 2 aliphatic rings. The number of aryl methyl sites for hydroxylation is 1. The van der Waals surface area contributed by atoms with Crippen LogP contribution in [0.5, 0.6) is 0 Å². The third-order valence-electron chi connectivity index (χ3n) is 5.63. The Morgan fingerprint density at radius 2 is 2.00 bits per heavy atom. The molecule has 10 nitrogen and oxygen atoms in total. The van der Waals surface area contributed by atoms with E-state index >= 15 is 0 Å². The fourth-order valence-corrected chi connectivity index (χ4v) is 4.16. The first-order valence-electron chi connectivity index (χ1n) is 9.80. The van der Waals surface area contributed by atoms with Crippen molar-refractivity contribution in [1.29, 1.82) is 0 Å². The molecule has 2 fully saturated rings. The molecule has 2 atom stereocenters. The number of aliphatic hydroxyl groups excluding tert-OH is 1. The van der Waals surface area contributed by atoms with E-state index in [-0.39, 0.29) is 23.4 Å². The minimum atomic E-state index is -0.451. The van der Waals surface area contributed by atoms with Crippen LogP contribution in [0.1, 0.15) is 30.9 Å². The number of hydrogen-bond acceptors (Lipinski definition) is 8. The van der Waals surface area contributed by atoms with Gasteiger partial charge in [-0.05, 0) is 31.7 Å². The summed E-state index contributed by atoms with van der Waals surface area (Å²) < 4.78 is 1.52. The molecule has 1 unspecified atom stereocenters. The molecular formula is C19H24N6O4. The molecule has 0 aliphatic carbocycles. The van der Waals surface area contributed by atoms with Crippen molar-refractivity contribution in [2.24, 2.45) is 0 Å². The summed E-state index contributed by atoms with van der Waals surface area (Å²) in [6.45, 7) is 4.39. The van der Waals surface area contributed by atoms with Crippen LogP contribution in [0.15, 0.2) is 29.3 Å². The second kappa shape index (κ2) is 7.78. The molecule has 0 amide bonds. The molecule has 0 spiro atoms. The first kappa shape index (κ1) is 19.3. The summed E-state index contributed by atoms with van der Waals surface area (Å²) in [4.78, 5) is 31.5. The number of nitro groups is 1. The van der Waals surface area contributed by atoms with Crippen LogP contribution >= 0.6 is 0 Å². The van der Waals surface area contributed by atoms with Gasteiger partial charge in [0.1, 0.15) is 12.0 Å². The summed E-state index contributed by atoms with van der Waals surface area (Å²) >= 11 is 0. The monoisotopic (exact) mass is 400 g/mol. The summed E-state index contributed by atoms with van der Waals surface area (Å²) in [6, 6.07) is 3.01. The molecule has 2 saturated heterocycles. The number of rotatable bonds is 4. The van der Waals surface area contributed by atoms with Crippen LogP contribution < -0.4 is 15.4 Å². The summed E-state index contributed by atoms with van der Waals surface area (Å²) in [6.07, 6.45) is 5.00. The fourth-order valence-electron chi connectivity index (χ4n) is 4.16. The molecule has 29 heavy (non-hydrogen) atoms. The van der Waals surface area contributed by atoms with Gasteiger partial charge in [-0.25, -0.2) is 9.67 Å². The van der Waals surface area contributed by atoms with Crippen LogP contribution in [0.2, 0.25) is 0 Å². The fraction of sp³-hybridized carbons (Fsp3) is 0.526. The first-order chi connectivity index (χ1) is 13.9. The van der Waals surface area contributed by atoms with Gasteiger partial charge in [0.2, 0.25) is 0 Å². The topological polar surface area (TPSA) is 118 Å². The Balaban J connectivity index is 1.53. The number of pyridine rings is 1. The minimum absolute atomic E-state index is 0.0275. The third kappa shape index (κ3) is 3.93. The number of β-amino-alcohol motifs (C(OH)–C–C–N with tert-alkyl or cyclic N) is 1. The zero-order chi connectivity index (χ0) is 20.5. The van der Waals surface area contributed by atoms with Crippen LogP contribution in [0, 0.1) is 17.0 Å². The summed E-state index contributed by atoms with van der Waals surface area (Å²) in [5, 5.41) is 25.1. The Bertz CT molecular complexity index is 977. The largest absolute Gasteiger partial charge is 0.391 e. The van der Waals surface area contributed by atoms with Crippen molar-refractivity contribution >= 4 is 17.2 Å². The highest BCUT2D eigenvalue weighted by Crippen LogP contribution is 2.28. The highest BCUT2D eigenvalue weighted by molar-refractivity contribution is 5.51. The summed E-state index contributed by atoms with van der Waals surface area (Å²) in [5.74, 6) is 0.705. The van der Waals surface area contributed by atoms with E-state index in [1.807, 2.05) is 11.8 Å². The van der Waals surface area contributed by atoms with Gasteiger partial charge >= 0.3 is 0 Å². The van der Waals surface area contributed by atoms with Gasteiger partial charge in [0.15, 0.2) is 0 Å². The Kier molecular flexibility index (Phi) is 5.18. The number of nitrogens with zero attached hydrogens (tertiary/aromatic N) is 6. The normalized spacial score (nSPS) is 22.1. The maximum absolute atomic E-state index is 12.7. The molecule has 2 aliphatic heterocycles.